The van der Waals surface area contributed by atoms with Gasteiger partial charge < -0.3 is 15.6 Å². The van der Waals surface area contributed by atoms with E-state index in [4.69, 9.17) is 10.5 Å². The van der Waals surface area contributed by atoms with Crippen molar-refractivity contribution < 1.29 is 19.4 Å². The molecular formula is C14H11NO4. The smallest absolute Gasteiger partial charge is 0.343 e. The molecule has 0 aliphatic carbocycles. The maximum Gasteiger partial charge on any atom is 0.343 e. The summed E-state index contributed by atoms with van der Waals surface area (Å²) in [5.41, 5.74) is 5.33. The van der Waals surface area contributed by atoms with Crippen molar-refractivity contribution >= 4 is 11.9 Å². The fourth-order valence-electron chi connectivity index (χ4n) is 1.54. The first-order chi connectivity index (χ1) is 9.09. The first-order valence-corrected chi connectivity index (χ1v) is 5.48. The summed E-state index contributed by atoms with van der Waals surface area (Å²) in [6, 6.07) is 12.5. The quantitative estimate of drug-likeness (QED) is 0.647. The number of rotatable bonds is 3. The third-order valence-corrected chi connectivity index (χ3v) is 2.48. The summed E-state index contributed by atoms with van der Waals surface area (Å²) in [5, 5.41) is 9.78. The zero-order valence-electron chi connectivity index (χ0n) is 9.87. The molecule has 2 rings (SSSR count). The van der Waals surface area contributed by atoms with Crippen LogP contribution in [0, 0.1) is 0 Å². The molecule has 0 radical (unpaired) electrons. The Morgan fingerprint density at radius 1 is 1.00 bits per heavy atom. The molecule has 2 aromatic rings. The van der Waals surface area contributed by atoms with Crippen LogP contribution in [-0.2, 0) is 0 Å². The summed E-state index contributed by atoms with van der Waals surface area (Å²) in [5.74, 6) is -1.97. The van der Waals surface area contributed by atoms with E-state index in [1.807, 2.05) is 0 Å². The normalized spacial score (nSPS) is 9.89. The van der Waals surface area contributed by atoms with Gasteiger partial charge in [-0.25, -0.2) is 4.79 Å². The monoisotopic (exact) mass is 257 g/mol. The largest absolute Gasteiger partial charge is 0.504 e. The van der Waals surface area contributed by atoms with E-state index in [1.54, 1.807) is 30.3 Å². The third-order valence-electron chi connectivity index (χ3n) is 2.48. The molecule has 0 saturated carbocycles. The highest BCUT2D eigenvalue weighted by Crippen LogP contribution is 2.30. The fourth-order valence-corrected chi connectivity index (χ4v) is 1.54. The fraction of sp³-hybridized carbons (Fsp3) is 0. The molecule has 0 spiro atoms. The number of ether oxygens (including phenoxy) is 1. The van der Waals surface area contributed by atoms with E-state index < -0.39 is 17.6 Å². The first-order valence-electron chi connectivity index (χ1n) is 5.48. The first kappa shape index (κ1) is 12.6. The molecule has 3 N–H and O–H groups in total. The molecule has 0 aromatic heterocycles. The molecule has 2 aromatic carbocycles. The number of primary amides is 1. The van der Waals surface area contributed by atoms with Gasteiger partial charge >= 0.3 is 5.97 Å². The Hall–Kier alpha value is -2.82. The maximum atomic E-state index is 11.8. The van der Waals surface area contributed by atoms with Crippen molar-refractivity contribution in [2.45, 2.75) is 0 Å². The number of nitrogens with two attached hydrogens (primary N) is 1. The minimum Gasteiger partial charge on any atom is -0.504 e. The zero-order valence-corrected chi connectivity index (χ0v) is 9.87. The van der Waals surface area contributed by atoms with Crippen molar-refractivity contribution in [1.82, 2.24) is 0 Å². The average Bonchev–Trinajstić information content (AvgIpc) is 2.41. The molecule has 5 heteroatoms. The Morgan fingerprint density at radius 2 is 1.68 bits per heavy atom. The Morgan fingerprint density at radius 3 is 2.32 bits per heavy atom. The molecule has 0 heterocycles. The SMILES string of the molecule is NC(=O)c1cccc(OC(=O)c2ccccc2)c1O. The zero-order chi connectivity index (χ0) is 13.8. The number of hydrogen-bond donors (Lipinski definition) is 2. The average molecular weight is 257 g/mol. The van der Waals surface area contributed by atoms with E-state index in [1.165, 1.54) is 18.2 Å². The molecule has 0 atom stereocenters. The highest BCUT2D eigenvalue weighted by molar-refractivity contribution is 5.97. The number of phenols is 1. The van der Waals surface area contributed by atoms with Crippen LogP contribution in [-0.4, -0.2) is 17.0 Å². The van der Waals surface area contributed by atoms with E-state index in [9.17, 15) is 14.7 Å². The van der Waals surface area contributed by atoms with Gasteiger partial charge in [-0.2, -0.15) is 0 Å². The van der Waals surface area contributed by atoms with E-state index in [2.05, 4.69) is 0 Å². The standard InChI is InChI=1S/C14H11NO4/c15-13(17)10-7-4-8-11(12(10)16)19-14(18)9-5-2-1-3-6-9/h1-8,16H,(H2,15,17). The minimum absolute atomic E-state index is 0.0987. The summed E-state index contributed by atoms with van der Waals surface area (Å²) in [6.45, 7) is 0. The molecule has 1 amide bonds. The molecule has 96 valence electrons. The second-order valence-corrected chi connectivity index (χ2v) is 3.77. The molecule has 0 aliphatic rings. The van der Waals surface area contributed by atoms with E-state index in [-0.39, 0.29) is 11.3 Å². The number of para-hydroxylation sites is 1. The van der Waals surface area contributed by atoms with Gasteiger partial charge in [0.25, 0.3) is 5.91 Å². The van der Waals surface area contributed by atoms with Crippen LogP contribution in [0.15, 0.2) is 48.5 Å². The van der Waals surface area contributed by atoms with Crippen LogP contribution < -0.4 is 10.5 Å². The Kier molecular flexibility index (Phi) is 3.47. The van der Waals surface area contributed by atoms with Gasteiger partial charge in [0.15, 0.2) is 11.5 Å². The lowest BCUT2D eigenvalue weighted by molar-refractivity contribution is 0.0728. The van der Waals surface area contributed by atoms with Gasteiger partial charge in [-0.05, 0) is 24.3 Å². The van der Waals surface area contributed by atoms with Crippen molar-refractivity contribution in [3.63, 3.8) is 0 Å². The van der Waals surface area contributed by atoms with Crippen molar-refractivity contribution in [1.29, 1.82) is 0 Å². The Bertz CT molecular complexity index is 623. The molecule has 0 aliphatic heterocycles. The summed E-state index contributed by atoms with van der Waals surface area (Å²) in [7, 11) is 0. The third kappa shape index (κ3) is 2.71. The predicted molar refractivity (Wildman–Crippen MR) is 68.0 cm³/mol. The Balaban J connectivity index is 2.27. The van der Waals surface area contributed by atoms with E-state index in [0.717, 1.165) is 0 Å². The van der Waals surface area contributed by atoms with Crippen molar-refractivity contribution in [2.75, 3.05) is 0 Å². The number of aromatic hydroxyl groups is 1. The number of benzene rings is 2. The van der Waals surface area contributed by atoms with Crippen LogP contribution in [0.2, 0.25) is 0 Å². The van der Waals surface area contributed by atoms with Crippen LogP contribution >= 0.6 is 0 Å². The number of amides is 1. The van der Waals surface area contributed by atoms with Crippen molar-refractivity contribution in [3.05, 3.63) is 59.7 Å². The van der Waals surface area contributed by atoms with Crippen LogP contribution in [0.3, 0.4) is 0 Å². The molecule has 0 fully saturated rings. The molecule has 0 bridgehead atoms. The van der Waals surface area contributed by atoms with Crippen LogP contribution in [0.4, 0.5) is 0 Å². The number of carbonyl (C=O) groups excluding carboxylic acids is 2. The maximum absolute atomic E-state index is 11.8. The van der Waals surface area contributed by atoms with Crippen LogP contribution in [0.25, 0.3) is 0 Å². The molecule has 0 unspecified atom stereocenters. The number of carbonyl (C=O) groups is 2. The highest BCUT2D eigenvalue weighted by Gasteiger charge is 2.15. The van der Waals surface area contributed by atoms with Gasteiger partial charge in [0, 0.05) is 0 Å². The highest BCUT2D eigenvalue weighted by atomic mass is 16.5. The summed E-state index contributed by atoms with van der Waals surface area (Å²) in [4.78, 5) is 22.8. The summed E-state index contributed by atoms with van der Waals surface area (Å²) in [6.07, 6.45) is 0. The van der Waals surface area contributed by atoms with Crippen molar-refractivity contribution in [2.24, 2.45) is 5.73 Å². The summed E-state index contributed by atoms with van der Waals surface area (Å²) >= 11 is 0. The number of hydrogen-bond acceptors (Lipinski definition) is 4. The predicted octanol–water partition coefficient (Wildman–Crippen LogP) is 1.71. The van der Waals surface area contributed by atoms with Gasteiger partial charge in [0.1, 0.15) is 0 Å². The molecular weight excluding hydrogens is 246 g/mol. The van der Waals surface area contributed by atoms with E-state index in [0.29, 0.717) is 5.56 Å². The van der Waals surface area contributed by atoms with E-state index >= 15 is 0 Å². The van der Waals surface area contributed by atoms with Gasteiger partial charge in [0.05, 0.1) is 11.1 Å². The Labute approximate surface area is 109 Å². The van der Waals surface area contributed by atoms with Crippen LogP contribution in [0.5, 0.6) is 11.5 Å². The summed E-state index contributed by atoms with van der Waals surface area (Å²) < 4.78 is 5.03. The molecule has 19 heavy (non-hydrogen) atoms. The number of esters is 1. The van der Waals surface area contributed by atoms with Gasteiger partial charge in [-0.15, -0.1) is 0 Å². The minimum atomic E-state index is -0.796. The van der Waals surface area contributed by atoms with Gasteiger partial charge in [-0.3, -0.25) is 4.79 Å². The molecule has 0 saturated heterocycles. The lowest BCUT2D eigenvalue weighted by Gasteiger charge is -2.08. The molecule has 5 nitrogen and oxygen atoms in total. The lowest BCUT2D eigenvalue weighted by atomic mass is 10.1. The second kappa shape index (κ2) is 5.22. The van der Waals surface area contributed by atoms with Gasteiger partial charge in [-0.1, -0.05) is 24.3 Å². The van der Waals surface area contributed by atoms with Crippen LogP contribution in [0.1, 0.15) is 20.7 Å². The second-order valence-electron chi connectivity index (χ2n) is 3.77. The van der Waals surface area contributed by atoms with Crippen molar-refractivity contribution in [3.8, 4) is 11.5 Å². The lowest BCUT2D eigenvalue weighted by Crippen LogP contribution is -2.13. The topological polar surface area (TPSA) is 89.6 Å². The van der Waals surface area contributed by atoms with Gasteiger partial charge in [0.2, 0.25) is 0 Å².